The summed E-state index contributed by atoms with van der Waals surface area (Å²) in [7, 11) is 0. The molecule has 1 rings (SSSR count). The average molecular weight is 260 g/mol. The maximum absolute atomic E-state index is 5.59. The van der Waals surface area contributed by atoms with Gasteiger partial charge in [-0.2, -0.15) is 0 Å². The van der Waals surface area contributed by atoms with Crippen LogP contribution in [0.3, 0.4) is 0 Å². The summed E-state index contributed by atoms with van der Waals surface area (Å²) in [6.07, 6.45) is 15.2. The van der Waals surface area contributed by atoms with E-state index in [-0.39, 0.29) is 0 Å². The van der Waals surface area contributed by atoms with Crippen LogP contribution in [0.2, 0.25) is 0 Å². The minimum absolute atomic E-state index is 0.681. The second kappa shape index (κ2) is 11.8. The van der Waals surface area contributed by atoms with Crippen molar-refractivity contribution >= 4 is 0 Å². The number of hydrogen-bond acceptors (Lipinski definition) is 1. The Balaban J connectivity index is 1.88. The minimum atomic E-state index is 0.681. The van der Waals surface area contributed by atoms with Gasteiger partial charge in [0, 0.05) is 0 Å². The second-order valence-electron chi connectivity index (χ2n) is 5.01. The normalized spacial score (nSPS) is 11.0. The maximum Gasteiger partial charge on any atom is 0.119 e. The Kier molecular flexibility index (Phi) is 9.85. The summed E-state index contributed by atoms with van der Waals surface area (Å²) >= 11 is 0. The van der Waals surface area contributed by atoms with Gasteiger partial charge in [0.2, 0.25) is 0 Å². The zero-order valence-corrected chi connectivity index (χ0v) is 12.3. The molecule has 0 fully saturated rings. The molecule has 0 amide bonds. The lowest BCUT2D eigenvalue weighted by molar-refractivity contribution is 0.362. The van der Waals surface area contributed by atoms with Gasteiger partial charge in [-0.25, -0.2) is 0 Å². The Bertz CT molecular complexity index is 316. The van der Waals surface area contributed by atoms with Gasteiger partial charge >= 0.3 is 0 Å². The average Bonchev–Trinajstić information content (AvgIpc) is 2.46. The number of unbranched alkanes of at least 4 members (excludes halogenated alkanes) is 7. The van der Waals surface area contributed by atoms with Crippen LogP contribution >= 0.6 is 0 Å². The van der Waals surface area contributed by atoms with E-state index in [1.807, 2.05) is 30.3 Å². The Morgan fingerprint density at radius 1 is 0.842 bits per heavy atom. The number of allylic oxidation sites excluding steroid dienone is 1. The number of rotatable bonds is 11. The van der Waals surface area contributed by atoms with E-state index < -0.39 is 0 Å². The molecule has 0 radical (unpaired) electrons. The fourth-order valence-corrected chi connectivity index (χ4v) is 2.07. The molecule has 0 saturated carbocycles. The molecule has 0 N–H and O–H groups in total. The van der Waals surface area contributed by atoms with E-state index in [4.69, 9.17) is 4.74 Å². The predicted molar refractivity (Wildman–Crippen MR) is 83.7 cm³/mol. The van der Waals surface area contributed by atoms with Crippen LogP contribution < -0.4 is 4.74 Å². The van der Waals surface area contributed by atoms with E-state index in [0.29, 0.717) is 6.61 Å². The first-order valence-corrected chi connectivity index (χ1v) is 7.76. The Labute approximate surface area is 118 Å². The summed E-state index contributed by atoms with van der Waals surface area (Å²) in [5.74, 6) is 0.947. The number of para-hydroxylation sites is 1. The molecule has 0 aromatic heterocycles. The molecule has 0 bridgehead atoms. The third-order valence-electron chi connectivity index (χ3n) is 3.23. The summed E-state index contributed by atoms with van der Waals surface area (Å²) in [5, 5.41) is 0. The lowest BCUT2D eigenvalue weighted by Crippen LogP contribution is -1.92. The van der Waals surface area contributed by atoms with E-state index >= 15 is 0 Å². The van der Waals surface area contributed by atoms with E-state index in [9.17, 15) is 0 Å². The summed E-state index contributed by atoms with van der Waals surface area (Å²) in [6.45, 7) is 2.95. The molecule has 106 valence electrons. The van der Waals surface area contributed by atoms with Crippen LogP contribution in [0.15, 0.2) is 42.5 Å². The molecule has 19 heavy (non-hydrogen) atoms. The molecule has 0 aliphatic carbocycles. The van der Waals surface area contributed by atoms with Gasteiger partial charge in [-0.15, -0.1) is 0 Å². The highest BCUT2D eigenvalue weighted by molar-refractivity contribution is 5.21. The Morgan fingerprint density at radius 2 is 1.53 bits per heavy atom. The largest absolute Gasteiger partial charge is 0.490 e. The van der Waals surface area contributed by atoms with Crippen molar-refractivity contribution in [2.24, 2.45) is 0 Å². The van der Waals surface area contributed by atoms with Gasteiger partial charge in [-0.3, -0.25) is 0 Å². The highest BCUT2D eigenvalue weighted by Crippen LogP contribution is 2.09. The van der Waals surface area contributed by atoms with Gasteiger partial charge in [-0.05, 0) is 25.0 Å². The Morgan fingerprint density at radius 3 is 2.26 bits per heavy atom. The van der Waals surface area contributed by atoms with Gasteiger partial charge in [0.15, 0.2) is 0 Å². The van der Waals surface area contributed by atoms with Crippen molar-refractivity contribution in [1.29, 1.82) is 0 Å². The van der Waals surface area contributed by atoms with Crippen molar-refractivity contribution < 1.29 is 4.74 Å². The molecule has 1 aromatic carbocycles. The van der Waals surface area contributed by atoms with Crippen molar-refractivity contribution in [3.8, 4) is 5.75 Å². The summed E-state index contributed by atoms with van der Waals surface area (Å²) in [4.78, 5) is 0. The zero-order chi connectivity index (χ0) is 13.6. The fraction of sp³-hybridized carbons (Fsp3) is 0.556. The molecule has 0 unspecified atom stereocenters. The van der Waals surface area contributed by atoms with Crippen LogP contribution in [0.25, 0.3) is 0 Å². The molecule has 0 heterocycles. The van der Waals surface area contributed by atoms with Crippen molar-refractivity contribution in [2.45, 2.75) is 58.3 Å². The molecule has 0 aliphatic rings. The van der Waals surface area contributed by atoms with Gasteiger partial charge in [-0.1, -0.05) is 75.8 Å². The summed E-state index contributed by atoms with van der Waals surface area (Å²) in [5.41, 5.74) is 0. The van der Waals surface area contributed by atoms with Crippen LogP contribution in [0.5, 0.6) is 5.75 Å². The van der Waals surface area contributed by atoms with Crippen LogP contribution in [0, 0.1) is 0 Å². The topological polar surface area (TPSA) is 9.23 Å². The number of hydrogen-bond donors (Lipinski definition) is 0. The Hall–Kier alpha value is -1.24. The second-order valence-corrected chi connectivity index (χ2v) is 5.01. The van der Waals surface area contributed by atoms with Crippen molar-refractivity contribution in [3.05, 3.63) is 42.5 Å². The summed E-state index contributed by atoms with van der Waals surface area (Å²) in [6, 6.07) is 9.98. The fourth-order valence-electron chi connectivity index (χ4n) is 2.07. The van der Waals surface area contributed by atoms with Crippen LogP contribution in [0.4, 0.5) is 0 Å². The van der Waals surface area contributed by atoms with E-state index in [0.717, 1.165) is 5.75 Å². The van der Waals surface area contributed by atoms with Crippen molar-refractivity contribution in [1.82, 2.24) is 0 Å². The molecule has 0 spiro atoms. The van der Waals surface area contributed by atoms with E-state index in [1.54, 1.807) is 0 Å². The van der Waals surface area contributed by atoms with Crippen molar-refractivity contribution in [2.75, 3.05) is 6.61 Å². The summed E-state index contributed by atoms with van der Waals surface area (Å²) < 4.78 is 5.59. The number of benzene rings is 1. The first-order chi connectivity index (χ1) is 9.43. The minimum Gasteiger partial charge on any atom is -0.490 e. The SMILES string of the molecule is CCCCCCCCCC=CCOc1ccccc1. The smallest absolute Gasteiger partial charge is 0.119 e. The molecule has 1 nitrogen and oxygen atoms in total. The maximum atomic E-state index is 5.59. The van der Waals surface area contributed by atoms with Gasteiger partial charge in [0.05, 0.1) is 0 Å². The van der Waals surface area contributed by atoms with Gasteiger partial charge in [0.25, 0.3) is 0 Å². The highest BCUT2D eigenvalue weighted by atomic mass is 16.5. The molecule has 1 heteroatoms. The third-order valence-corrected chi connectivity index (χ3v) is 3.23. The molecular weight excluding hydrogens is 232 g/mol. The molecule has 1 aromatic rings. The van der Waals surface area contributed by atoms with E-state index in [2.05, 4.69) is 19.1 Å². The number of ether oxygens (including phenoxy) is 1. The lowest BCUT2D eigenvalue weighted by Gasteiger charge is -2.01. The lowest BCUT2D eigenvalue weighted by atomic mass is 10.1. The predicted octanol–water partition coefficient (Wildman–Crippen LogP) is 5.76. The molecular formula is C18H28O. The standard InChI is InChI=1S/C18H28O/c1-2-3-4-5-6-7-8-9-10-14-17-19-18-15-12-11-13-16-18/h10-16H,2-9,17H2,1H3. The van der Waals surface area contributed by atoms with E-state index in [1.165, 1.54) is 51.4 Å². The van der Waals surface area contributed by atoms with Crippen LogP contribution in [0.1, 0.15) is 58.3 Å². The van der Waals surface area contributed by atoms with Gasteiger partial charge in [0.1, 0.15) is 12.4 Å². The van der Waals surface area contributed by atoms with Crippen molar-refractivity contribution in [3.63, 3.8) is 0 Å². The molecule has 0 atom stereocenters. The molecule has 0 saturated heterocycles. The van der Waals surface area contributed by atoms with Crippen LogP contribution in [-0.2, 0) is 0 Å². The monoisotopic (exact) mass is 260 g/mol. The first-order valence-electron chi connectivity index (χ1n) is 7.76. The molecule has 0 aliphatic heterocycles. The third kappa shape index (κ3) is 9.35. The van der Waals surface area contributed by atoms with Gasteiger partial charge < -0.3 is 4.74 Å². The quantitative estimate of drug-likeness (QED) is 0.363. The zero-order valence-electron chi connectivity index (χ0n) is 12.3. The van der Waals surface area contributed by atoms with Crippen LogP contribution in [-0.4, -0.2) is 6.61 Å². The highest BCUT2D eigenvalue weighted by Gasteiger charge is 1.90. The first kappa shape index (κ1) is 15.8.